The second kappa shape index (κ2) is 8.17. The van der Waals surface area contributed by atoms with Gasteiger partial charge in [-0.25, -0.2) is 0 Å². The molecule has 0 fully saturated rings. The first-order valence-electron chi connectivity index (χ1n) is 7.20. The molecule has 0 aliphatic rings. The first-order chi connectivity index (χ1) is 10.3. The predicted molar refractivity (Wildman–Crippen MR) is 82.8 cm³/mol. The van der Waals surface area contributed by atoms with Crippen LogP contribution in [0.5, 0.6) is 0 Å². The monoisotopic (exact) mass is 306 g/mol. The molecule has 0 aliphatic carbocycles. The Morgan fingerprint density at radius 3 is 2.50 bits per heavy atom. The minimum absolute atomic E-state index is 0.0000995. The zero-order valence-corrected chi connectivity index (χ0v) is 13.1. The van der Waals surface area contributed by atoms with Crippen LogP contribution in [0.1, 0.15) is 41.0 Å². The van der Waals surface area contributed by atoms with Crippen molar-refractivity contribution in [3.05, 3.63) is 35.4 Å². The molecule has 0 radical (unpaired) electrons. The lowest BCUT2D eigenvalue weighted by atomic mass is 10.1. The van der Waals surface area contributed by atoms with E-state index in [-0.39, 0.29) is 30.7 Å². The van der Waals surface area contributed by atoms with E-state index in [2.05, 4.69) is 5.32 Å². The van der Waals surface area contributed by atoms with Gasteiger partial charge in [0, 0.05) is 37.7 Å². The second-order valence-corrected chi connectivity index (χ2v) is 5.31. The maximum absolute atomic E-state index is 12.1. The Morgan fingerprint density at radius 1 is 1.27 bits per heavy atom. The minimum Gasteiger partial charge on any atom is -0.481 e. The summed E-state index contributed by atoms with van der Waals surface area (Å²) < 4.78 is 0. The summed E-state index contributed by atoms with van der Waals surface area (Å²) in [4.78, 5) is 36.3. The number of carboxylic acid groups (broad SMARTS) is 1. The SMILES string of the molecule is CCN(C)C(=O)c1cccc(C(=O)NCC(C)CC(=O)O)c1. The summed E-state index contributed by atoms with van der Waals surface area (Å²) in [5.41, 5.74) is 0.841. The number of carbonyl (C=O) groups excluding carboxylic acids is 2. The quantitative estimate of drug-likeness (QED) is 0.801. The van der Waals surface area contributed by atoms with Crippen molar-refractivity contribution in [3.8, 4) is 0 Å². The standard InChI is InChI=1S/C16H22N2O4/c1-4-18(3)16(22)13-7-5-6-12(9-13)15(21)17-10-11(2)8-14(19)20/h5-7,9,11H,4,8,10H2,1-3H3,(H,17,21)(H,19,20). The molecule has 6 nitrogen and oxygen atoms in total. The van der Waals surface area contributed by atoms with Crippen LogP contribution in [0.2, 0.25) is 0 Å². The number of benzene rings is 1. The minimum atomic E-state index is -0.892. The molecule has 0 bridgehead atoms. The van der Waals surface area contributed by atoms with Gasteiger partial charge in [-0.05, 0) is 31.0 Å². The van der Waals surface area contributed by atoms with Gasteiger partial charge in [-0.15, -0.1) is 0 Å². The van der Waals surface area contributed by atoms with Gasteiger partial charge in [-0.3, -0.25) is 14.4 Å². The van der Waals surface area contributed by atoms with Crippen molar-refractivity contribution in [1.82, 2.24) is 10.2 Å². The Labute approximate surface area is 130 Å². The largest absolute Gasteiger partial charge is 0.481 e. The molecule has 0 aliphatic heterocycles. The van der Waals surface area contributed by atoms with Gasteiger partial charge in [-0.1, -0.05) is 13.0 Å². The average Bonchev–Trinajstić information content (AvgIpc) is 2.50. The fourth-order valence-electron chi connectivity index (χ4n) is 1.90. The predicted octanol–water partition coefficient (Wildman–Crippen LogP) is 1.62. The van der Waals surface area contributed by atoms with Gasteiger partial charge in [0.25, 0.3) is 11.8 Å². The number of carbonyl (C=O) groups is 3. The molecule has 1 unspecified atom stereocenters. The normalized spacial score (nSPS) is 11.6. The molecule has 120 valence electrons. The van der Waals surface area contributed by atoms with E-state index in [4.69, 9.17) is 5.11 Å². The molecule has 0 saturated carbocycles. The van der Waals surface area contributed by atoms with Crippen molar-refractivity contribution in [1.29, 1.82) is 0 Å². The molecule has 1 atom stereocenters. The van der Waals surface area contributed by atoms with E-state index in [1.54, 1.807) is 43.1 Å². The van der Waals surface area contributed by atoms with Crippen LogP contribution in [0.4, 0.5) is 0 Å². The zero-order valence-electron chi connectivity index (χ0n) is 13.1. The van der Waals surface area contributed by atoms with Gasteiger partial charge in [0.05, 0.1) is 0 Å². The van der Waals surface area contributed by atoms with Gasteiger partial charge < -0.3 is 15.3 Å². The number of hydrogen-bond donors (Lipinski definition) is 2. The van der Waals surface area contributed by atoms with E-state index in [1.807, 2.05) is 6.92 Å². The molecule has 1 rings (SSSR count). The average molecular weight is 306 g/mol. The Hall–Kier alpha value is -2.37. The lowest BCUT2D eigenvalue weighted by molar-refractivity contribution is -0.137. The van der Waals surface area contributed by atoms with E-state index >= 15 is 0 Å². The van der Waals surface area contributed by atoms with Crippen molar-refractivity contribution in [2.75, 3.05) is 20.1 Å². The molecule has 0 aromatic heterocycles. The van der Waals surface area contributed by atoms with Crippen LogP contribution in [-0.4, -0.2) is 47.9 Å². The molecule has 2 N–H and O–H groups in total. The molecule has 1 aromatic rings. The van der Waals surface area contributed by atoms with Crippen LogP contribution in [0.25, 0.3) is 0 Å². The summed E-state index contributed by atoms with van der Waals surface area (Å²) in [7, 11) is 1.70. The van der Waals surface area contributed by atoms with Crippen LogP contribution in [0.15, 0.2) is 24.3 Å². The van der Waals surface area contributed by atoms with Crippen molar-refractivity contribution >= 4 is 17.8 Å². The zero-order chi connectivity index (χ0) is 16.7. The van der Waals surface area contributed by atoms with E-state index < -0.39 is 5.97 Å². The van der Waals surface area contributed by atoms with Gasteiger partial charge in [0.1, 0.15) is 0 Å². The molecular weight excluding hydrogens is 284 g/mol. The van der Waals surface area contributed by atoms with Gasteiger partial charge >= 0.3 is 5.97 Å². The van der Waals surface area contributed by atoms with Crippen molar-refractivity contribution in [2.45, 2.75) is 20.3 Å². The Morgan fingerprint density at radius 2 is 1.91 bits per heavy atom. The van der Waals surface area contributed by atoms with Crippen molar-refractivity contribution in [2.24, 2.45) is 5.92 Å². The third kappa shape index (κ3) is 5.20. The summed E-state index contributed by atoms with van der Waals surface area (Å²) in [5, 5.41) is 11.4. The maximum atomic E-state index is 12.1. The number of hydrogen-bond acceptors (Lipinski definition) is 3. The van der Waals surface area contributed by atoms with Gasteiger partial charge in [-0.2, -0.15) is 0 Å². The molecule has 1 aromatic carbocycles. The van der Waals surface area contributed by atoms with Crippen LogP contribution in [0.3, 0.4) is 0 Å². The summed E-state index contributed by atoms with van der Waals surface area (Å²) >= 11 is 0. The molecule has 6 heteroatoms. The molecule has 0 saturated heterocycles. The molecule has 2 amide bonds. The fourth-order valence-corrected chi connectivity index (χ4v) is 1.90. The summed E-state index contributed by atoms with van der Waals surface area (Å²) in [5.74, 6) is -1.50. The Bertz CT molecular complexity index is 557. The smallest absolute Gasteiger partial charge is 0.303 e. The second-order valence-electron chi connectivity index (χ2n) is 5.31. The van der Waals surface area contributed by atoms with E-state index in [9.17, 15) is 14.4 Å². The summed E-state index contributed by atoms with van der Waals surface area (Å²) in [6.45, 7) is 4.49. The topological polar surface area (TPSA) is 86.7 Å². The van der Waals surface area contributed by atoms with E-state index in [0.717, 1.165) is 0 Å². The number of nitrogens with one attached hydrogen (secondary N) is 1. The number of aliphatic carboxylic acids is 1. The van der Waals surface area contributed by atoms with Crippen LogP contribution < -0.4 is 5.32 Å². The number of rotatable bonds is 7. The lowest BCUT2D eigenvalue weighted by Crippen LogP contribution is -2.30. The van der Waals surface area contributed by atoms with Gasteiger partial charge in [0.15, 0.2) is 0 Å². The maximum Gasteiger partial charge on any atom is 0.303 e. The summed E-state index contributed by atoms with van der Waals surface area (Å²) in [6, 6.07) is 6.50. The number of nitrogens with zero attached hydrogens (tertiary/aromatic N) is 1. The fraction of sp³-hybridized carbons (Fsp3) is 0.438. The van der Waals surface area contributed by atoms with E-state index in [1.165, 1.54) is 0 Å². The van der Waals surface area contributed by atoms with Crippen LogP contribution in [0, 0.1) is 5.92 Å². The first-order valence-corrected chi connectivity index (χ1v) is 7.20. The highest BCUT2D eigenvalue weighted by atomic mass is 16.4. The molecule has 22 heavy (non-hydrogen) atoms. The van der Waals surface area contributed by atoms with Crippen molar-refractivity contribution in [3.63, 3.8) is 0 Å². The Kier molecular flexibility index (Phi) is 6.56. The molecule has 0 spiro atoms. The Balaban J connectivity index is 2.70. The highest BCUT2D eigenvalue weighted by molar-refractivity contribution is 5.99. The number of amides is 2. The summed E-state index contributed by atoms with van der Waals surface area (Å²) in [6.07, 6.45) is 0.0000995. The van der Waals surface area contributed by atoms with Gasteiger partial charge in [0.2, 0.25) is 0 Å². The van der Waals surface area contributed by atoms with E-state index in [0.29, 0.717) is 17.7 Å². The highest BCUT2D eigenvalue weighted by Crippen LogP contribution is 2.08. The lowest BCUT2D eigenvalue weighted by Gasteiger charge is -2.15. The first kappa shape index (κ1) is 17.7. The highest BCUT2D eigenvalue weighted by Gasteiger charge is 2.14. The number of carboxylic acids is 1. The van der Waals surface area contributed by atoms with Crippen molar-refractivity contribution < 1.29 is 19.5 Å². The van der Waals surface area contributed by atoms with Crippen LogP contribution in [-0.2, 0) is 4.79 Å². The third-order valence-electron chi connectivity index (χ3n) is 3.33. The molecule has 0 heterocycles. The third-order valence-corrected chi connectivity index (χ3v) is 3.33. The molecular formula is C16H22N2O4. The van der Waals surface area contributed by atoms with Crippen LogP contribution >= 0.6 is 0 Å².